The third-order valence-electron chi connectivity index (χ3n) is 3.44. The number of sulfonamides is 1. The van der Waals surface area contributed by atoms with Crippen LogP contribution in [0, 0.1) is 6.92 Å². The molecule has 1 fully saturated rings. The molecular formula is C14H15BrN2O2S2. The van der Waals surface area contributed by atoms with Crippen LogP contribution in [0.25, 0.3) is 0 Å². The minimum atomic E-state index is -3.44. The highest BCUT2D eigenvalue weighted by molar-refractivity contribution is 9.11. The van der Waals surface area contributed by atoms with Crippen LogP contribution in [0.4, 0.5) is 0 Å². The van der Waals surface area contributed by atoms with Gasteiger partial charge in [-0.1, -0.05) is 0 Å². The molecule has 0 bridgehead atoms. The van der Waals surface area contributed by atoms with Crippen molar-refractivity contribution in [1.29, 1.82) is 0 Å². The normalized spacial score (nSPS) is 15.6. The van der Waals surface area contributed by atoms with Gasteiger partial charge in [0.15, 0.2) is 0 Å². The highest BCUT2D eigenvalue weighted by atomic mass is 79.9. The molecule has 0 spiro atoms. The zero-order valence-corrected chi connectivity index (χ0v) is 14.7. The van der Waals surface area contributed by atoms with E-state index >= 15 is 0 Å². The van der Waals surface area contributed by atoms with E-state index in [1.165, 1.54) is 11.3 Å². The van der Waals surface area contributed by atoms with Crippen molar-refractivity contribution in [2.75, 3.05) is 0 Å². The third-order valence-corrected chi connectivity index (χ3v) is 7.92. The average molecular weight is 387 g/mol. The van der Waals surface area contributed by atoms with Crippen molar-refractivity contribution in [1.82, 2.24) is 9.29 Å². The van der Waals surface area contributed by atoms with E-state index in [1.54, 1.807) is 22.8 Å². The van der Waals surface area contributed by atoms with Gasteiger partial charge in [0.1, 0.15) is 4.21 Å². The first-order valence-electron chi connectivity index (χ1n) is 6.65. The largest absolute Gasteiger partial charge is 0.265 e. The van der Waals surface area contributed by atoms with Crippen molar-refractivity contribution in [3.8, 4) is 0 Å². The maximum atomic E-state index is 12.9. The number of hydrogen-bond acceptors (Lipinski definition) is 4. The summed E-state index contributed by atoms with van der Waals surface area (Å²) in [5.41, 5.74) is 1.92. The molecular weight excluding hydrogens is 372 g/mol. The number of aromatic nitrogens is 1. The summed E-state index contributed by atoms with van der Waals surface area (Å²) in [5.74, 6) is 0. The summed E-state index contributed by atoms with van der Waals surface area (Å²) in [6, 6.07) is 5.59. The number of halogens is 1. The highest BCUT2D eigenvalue weighted by Gasteiger charge is 2.38. The number of pyridine rings is 1. The average Bonchev–Trinajstić information content (AvgIpc) is 3.23. The van der Waals surface area contributed by atoms with Gasteiger partial charge in [-0.25, -0.2) is 8.42 Å². The maximum absolute atomic E-state index is 12.9. The van der Waals surface area contributed by atoms with Crippen LogP contribution in [0.1, 0.15) is 24.0 Å². The van der Waals surface area contributed by atoms with Crippen LogP contribution in [0.2, 0.25) is 0 Å². The molecule has 0 aromatic carbocycles. The monoisotopic (exact) mass is 386 g/mol. The summed E-state index contributed by atoms with van der Waals surface area (Å²) in [5, 5.41) is 0. The Bertz CT molecular complexity index is 720. The van der Waals surface area contributed by atoms with Crippen LogP contribution in [-0.4, -0.2) is 23.7 Å². The summed E-state index contributed by atoms with van der Waals surface area (Å²) in [6.45, 7) is 2.31. The molecule has 0 radical (unpaired) electrons. The van der Waals surface area contributed by atoms with Gasteiger partial charge in [-0.3, -0.25) is 4.98 Å². The third kappa shape index (κ3) is 3.21. The van der Waals surface area contributed by atoms with E-state index in [0.717, 1.165) is 27.8 Å². The van der Waals surface area contributed by atoms with Gasteiger partial charge >= 0.3 is 0 Å². The van der Waals surface area contributed by atoms with Crippen molar-refractivity contribution >= 4 is 37.3 Å². The van der Waals surface area contributed by atoms with E-state index in [2.05, 4.69) is 20.9 Å². The molecule has 1 aliphatic rings. The fourth-order valence-electron chi connectivity index (χ4n) is 2.12. The highest BCUT2D eigenvalue weighted by Crippen LogP contribution is 2.37. The second-order valence-electron chi connectivity index (χ2n) is 5.16. The van der Waals surface area contributed by atoms with E-state index in [9.17, 15) is 8.42 Å². The van der Waals surface area contributed by atoms with Crippen LogP contribution >= 0.6 is 27.3 Å². The van der Waals surface area contributed by atoms with Gasteiger partial charge in [0, 0.05) is 25.0 Å². The lowest BCUT2D eigenvalue weighted by molar-refractivity contribution is 0.399. The van der Waals surface area contributed by atoms with Crippen molar-refractivity contribution in [2.45, 2.75) is 36.6 Å². The Morgan fingerprint density at radius 3 is 2.57 bits per heavy atom. The molecule has 0 amide bonds. The van der Waals surface area contributed by atoms with Gasteiger partial charge in [-0.2, -0.15) is 4.31 Å². The molecule has 0 atom stereocenters. The molecule has 1 saturated carbocycles. The second-order valence-corrected chi connectivity index (χ2v) is 9.65. The fourth-order valence-corrected chi connectivity index (χ4v) is 6.14. The van der Waals surface area contributed by atoms with Gasteiger partial charge < -0.3 is 0 Å². The minimum absolute atomic E-state index is 0.129. The van der Waals surface area contributed by atoms with Crippen molar-refractivity contribution in [3.05, 3.63) is 45.5 Å². The van der Waals surface area contributed by atoms with Gasteiger partial charge in [0.05, 0.1) is 3.79 Å². The lowest BCUT2D eigenvalue weighted by Crippen LogP contribution is -2.32. The Labute approximate surface area is 137 Å². The fraction of sp³-hybridized carbons (Fsp3) is 0.357. The molecule has 21 heavy (non-hydrogen) atoms. The first-order chi connectivity index (χ1) is 9.98. The van der Waals surface area contributed by atoms with Crippen LogP contribution in [0.15, 0.2) is 38.6 Å². The van der Waals surface area contributed by atoms with Gasteiger partial charge in [-0.15, -0.1) is 11.3 Å². The van der Waals surface area contributed by atoms with Crippen LogP contribution in [0.5, 0.6) is 0 Å². The van der Waals surface area contributed by atoms with Crippen molar-refractivity contribution in [3.63, 3.8) is 0 Å². The van der Waals surface area contributed by atoms with E-state index in [4.69, 9.17) is 0 Å². The Morgan fingerprint density at radius 1 is 1.38 bits per heavy atom. The number of thiophene rings is 1. The zero-order valence-electron chi connectivity index (χ0n) is 11.5. The smallest absolute Gasteiger partial charge is 0.253 e. The second kappa shape index (κ2) is 5.79. The zero-order chi connectivity index (χ0) is 15.0. The Hall–Kier alpha value is -0.760. The lowest BCUT2D eigenvalue weighted by atomic mass is 10.3. The van der Waals surface area contributed by atoms with Crippen molar-refractivity contribution in [2.24, 2.45) is 0 Å². The number of nitrogens with zero attached hydrogens (tertiary/aromatic N) is 2. The molecule has 1 aliphatic carbocycles. The molecule has 4 nitrogen and oxygen atoms in total. The molecule has 2 heterocycles. The van der Waals surface area contributed by atoms with Crippen molar-refractivity contribution < 1.29 is 8.42 Å². The number of hydrogen-bond donors (Lipinski definition) is 0. The summed E-state index contributed by atoms with van der Waals surface area (Å²) in [7, 11) is -3.44. The molecule has 112 valence electrons. The standard InChI is InChI=1S/C14H15BrN2O2S2/c1-10-8-13(20-14(10)15)21(18,19)17(12-2-3-12)9-11-4-6-16-7-5-11/h4-8,12H,2-3,9H2,1H3. The van der Waals surface area contributed by atoms with Crippen LogP contribution < -0.4 is 0 Å². The predicted molar refractivity (Wildman–Crippen MR) is 86.7 cm³/mol. The summed E-state index contributed by atoms with van der Waals surface area (Å²) in [4.78, 5) is 3.98. The number of rotatable bonds is 5. The Balaban J connectivity index is 1.93. The summed E-state index contributed by atoms with van der Waals surface area (Å²) >= 11 is 4.68. The molecule has 0 N–H and O–H groups in total. The van der Waals surface area contributed by atoms with E-state index in [1.807, 2.05) is 19.1 Å². The first-order valence-corrected chi connectivity index (χ1v) is 9.70. The van der Waals surface area contributed by atoms with E-state index in [0.29, 0.717) is 10.8 Å². The quantitative estimate of drug-likeness (QED) is 0.788. The molecule has 0 unspecified atom stereocenters. The Morgan fingerprint density at radius 2 is 2.05 bits per heavy atom. The topological polar surface area (TPSA) is 50.3 Å². The molecule has 2 aromatic rings. The minimum Gasteiger partial charge on any atom is -0.265 e. The molecule has 3 rings (SSSR count). The predicted octanol–water partition coefficient (Wildman–Crippen LogP) is 3.57. The number of aryl methyl sites for hydroxylation is 1. The summed E-state index contributed by atoms with van der Waals surface area (Å²) in [6.07, 6.45) is 5.27. The van der Waals surface area contributed by atoms with Gasteiger partial charge in [0.2, 0.25) is 0 Å². The van der Waals surface area contributed by atoms with Gasteiger partial charge in [-0.05, 0) is 65.0 Å². The molecule has 0 saturated heterocycles. The van der Waals surface area contributed by atoms with Crippen LogP contribution in [0.3, 0.4) is 0 Å². The van der Waals surface area contributed by atoms with E-state index in [-0.39, 0.29) is 6.04 Å². The van der Waals surface area contributed by atoms with E-state index < -0.39 is 10.0 Å². The maximum Gasteiger partial charge on any atom is 0.253 e. The molecule has 0 aliphatic heterocycles. The Kier molecular flexibility index (Phi) is 4.18. The molecule has 2 aromatic heterocycles. The van der Waals surface area contributed by atoms with Gasteiger partial charge in [0.25, 0.3) is 10.0 Å². The molecule has 7 heteroatoms. The summed E-state index contributed by atoms with van der Waals surface area (Å²) < 4.78 is 28.7. The van der Waals surface area contributed by atoms with Crippen LogP contribution in [-0.2, 0) is 16.6 Å². The SMILES string of the molecule is Cc1cc(S(=O)(=O)N(Cc2ccncc2)C2CC2)sc1Br. The lowest BCUT2D eigenvalue weighted by Gasteiger charge is -2.21. The first kappa shape index (κ1) is 15.1.